The normalized spacial score (nSPS) is 11.6. The summed E-state index contributed by atoms with van der Waals surface area (Å²) < 4.78 is 1.39. The first-order chi connectivity index (χ1) is 15.5. The fraction of sp³-hybridized carbons (Fsp3) is 0.217. The molecule has 2 N–H and O–H groups in total. The minimum Gasteiger partial charge on any atom is -0.339 e. The highest BCUT2D eigenvalue weighted by Crippen LogP contribution is 2.20. The summed E-state index contributed by atoms with van der Waals surface area (Å²) in [5.41, 5.74) is 1.78. The standard InChI is InChI=1S/C23H22Br2N4O2S/c1-2-12-32-23-26-14-18(25)20(29-23)22(31)28-19(13-15-6-4-3-5-7-15)21(30)27-17-10-8-16(24)9-11-17/h3-11,14,19H,2,12-13H2,1H3,(H,27,30)(H,28,31)/t19-/m0/s1. The minimum atomic E-state index is -0.790. The fourth-order valence-electron chi connectivity index (χ4n) is 2.82. The van der Waals surface area contributed by atoms with E-state index in [0.717, 1.165) is 22.2 Å². The number of anilines is 1. The molecule has 2 amide bonds. The van der Waals surface area contributed by atoms with Crippen LogP contribution in [-0.2, 0) is 11.2 Å². The number of amides is 2. The Kier molecular flexibility index (Phi) is 9.25. The topological polar surface area (TPSA) is 84.0 Å². The van der Waals surface area contributed by atoms with Crippen LogP contribution in [0.4, 0.5) is 5.69 Å². The molecule has 9 heteroatoms. The Morgan fingerprint density at radius 1 is 1.06 bits per heavy atom. The summed E-state index contributed by atoms with van der Waals surface area (Å²) in [5.74, 6) is 0.106. The van der Waals surface area contributed by atoms with Crippen LogP contribution in [-0.4, -0.2) is 33.6 Å². The summed E-state index contributed by atoms with van der Waals surface area (Å²) in [5, 5.41) is 6.25. The maximum Gasteiger partial charge on any atom is 0.271 e. The van der Waals surface area contributed by atoms with E-state index in [1.54, 1.807) is 18.3 Å². The molecule has 0 aliphatic rings. The van der Waals surface area contributed by atoms with E-state index in [9.17, 15) is 9.59 Å². The molecule has 0 saturated heterocycles. The number of benzene rings is 2. The first kappa shape index (κ1) is 24.4. The lowest BCUT2D eigenvalue weighted by Gasteiger charge is -2.19. The summed E-state index contributed by atoms with van der Waals surface area (Å²) in [6.07, 6.45) is 2.88. The van der Waals surface area contributed by atoms with Crippen molar-refractivity contribution in [3.63, 3.8) is 0 Å². The highest BCUT2D eigenvalue weighted by molar-refractivity contribution is 9.10. The SMILES string of the molecule is CCCSc1ncc(Br)c(C(=O)N[C@@H](Cc2ccccc2)C(=O)Nc2ccc(Br)cc2)n1. The maximum absolute atomic E-state index is 13.1. The van der Waals surface area contributed by atoms with Crippen molar-refractivity contribution in [3.05, 3.63) is 81.0 Å². The second-order valence-electron chi connectivity index (χ2n) is 6.91. The zero-order valence-electron chi connectivity index (χ0n) is 17.3. The van der Waals surface area contributed by atoms with Crippen LogP contribution in [0.25, 0.3) is 0 Å². The second kappa shape index (κ2) is 12.1. The van der Waals surface area contributed by atoms with Crippen LogP contribution < -0.4 is 10.6 Å². The lowest BCUT2D eigenvalue weighted by atomic mass is 10.0. The van der Waals surface area contributed by atoms with Gasteiger partial charge in [-0.15, -0.1) is 0 Å². The van der Waals surface area contributed by atoms with Crippen molar-refractivity contribution < 1.29 is 9.59 Å². The van der Waals surface area contributed by atoms with Gasteiger partial charge in [0, 0.05) is 28.5 Å². The van der Waals surface area contributed by atoms with Crippen LogP contribution in [0.15, 0.2) is 74.9 Å². The molecular formula is C23H22Br2N4O2S. The Balaban J connectivity index is 1.80. The van der Waals surface area contributed by atoms with Crippen LogP contribution in [0.5, 0.6) is 0 Å². The van der Waals surface area contributed by atoms with Crippen LogP contribution in [0.2, 0.25) is 0 Å². The molecule has 0 spiro atoms. The predicted octanol–water partition coefficient (Wildman–Crippen LogP) is 5.48. The van der Waals surface area contributed by atoms with Gasteiger partial charge in [0.05, 0.1) is 4.47 Å². The fourth-order valence-corrected chi connectivity index (χ4v) is 4.13. The second-order valence-corrected chi connectivity index (χ2v) is 9.74. The molecule has 0 fully saturated rings. The lowest BCUT2D eigenvalue weighted by molar-refractivity contribution is -0.118. The van der Waals surface area contributed by atoms with Crippen molar-refractivity contribution in [3.8, 4) is 0 Å². The molecule has 0 aliphatic carbocycles. The van der Waals surface area contributed by atoms with Crippen LogP contribution >= 0.6 is 43.6 Å². The Bertz CT molecular complexity index is 1070. The zero-order chi connectivity index (χ0) is 22.9. The van der Waals surface area contributed by atoms with E-state index in [4.69, 9.17) is 0 Å². The quantitative estimate of drug-likeness (QED) is 0.260. The molecule has 0 radical (unpaired) electrons. The smallest absolute Gasteiger partial charge is 0.271 e. The van der Waals surface area contributed by atoms with Crippen molar-refractivity contribution in [1.82, 2.24) is 15.3 Å². The third-order valence-electron chi connectivity index (χ3n) is 4.39. The predicted molar refractivity (Wildman–Crippen MR) is 135 cm³/mol. The van der Waals surface area contributed by atoms with E-state index < -0.39 is 11.9 Å². The molecule has 0 bridgehead atoms. The molecule has 0 aliphatic heterocycles. The molecule has 166 valence electrons. The number of carbonyl (C=O) groups is 2. The van der Waals surface area contributed by atoms with Gasteiger partial charge in [-0.1, -0.05) is 64.9 Å². The van der Waals surface area contributed by atoms with E-state index in [1.807, 2.05) is 42.5 Å². The van der Waals surface area contributed by atoms with Gasteiger partial charge in [0.1, 0.15) is 11.7 Å². The maximum atomic E-state index is 13.1. The number of nitrogens with zero attached hydrogens (tertiary/aromatic N) is 2. The Morgan fingerprint density at radius 3 is 2.47 bits per heavy atom. The number of thioether (sulfide) groups is 1. The number of nitrogens with one attached hydrogen (secondary N) is 2. The lowest BCUT2D eigenvalue weighted by Crippen LogP contribution is -2.45. The highest BCUT2D eigenvalue weighted by Gasteiger charge is 2.24. The summed E-state index contributed by atoms with van der Waals surface area (Å²) >= 11 is 8.22. The van der Waals surface area contributed by atoms with Gasteiger partial charge < -0.3 is 10.6 Å². The highest BCUT2D eigenvalue weighted by atomic mass is 79.9. The van der Waals surface area contributed by atoms with Crippen LogP contribution in [0.1, 0.15) is 29.4 Å². The number of hydrogen-bond acceptors (Lipinski definition) is 5. The molecule has 0 unspecified atom stereocenters. The monoisotopic (exact) mass is 576 g/mol. The van der Waals surface area contributed by atoms with Crippen molar-refractivity contribution in [2.45, 2.75) is 31.0 Å². The van der Waals surface area contributed by atoms with Crippen LogP contribution in [0, 0.1) is 0 Å². The van der Waals surface area contributed by atoms with Crippen molar-refractivity contribution >= 4 is 61.1 Å². The van der Waals surface area contributed by atoms with E-state index >= 15 is 0 Å². The van der Waals surface area contributed by atoms with E-state index in [-0.39, 0.29) is 11.6 Å². The largest absolute Gasteiger partial charge is 0.339 e. The molecule has 0 saturated carbocycles. The van der Waals surface area contributed by atoms with E-state index in [0.29, 0.717) is 21.7 Å². The number of rotatable bonds is 9. The first-order valence-corrected chi connectivity index (χ1v) is 12.6. The molecule has 1 heterocycles. The number of hydrogen-bond donors (Lipinski definition) is 2. The minimum absolute atomic E-state index is 0.202. The molecule has 3 aromatic rings. The Labute approximate surface area is 208 Å². The van der Waals surface area contributed by atoms with Crippen molar-refractivity contribution in [2.24, 2.45) is 0 Å². The van der Waals surface area contributed by atoms with Gasteiger partial charge in [0.15, 0.2) is 5.16 Å². The molecule has 3 rings (SSSR count). The third kappa shape index (κ3) is 7.15. The first-order valence-electron chi connectivity index (χ1n) is 10.0. The molecule has 32 heavy (non-hydrogen) atoms. The molecule has 2 aromatic carbocycles. The molecular weight excluding hydrogens is 556 g/mol. The van der Waals surface area contributed by atoms with Gasteiger partial charge in [-0.3, -0.25) is 9.59 Å². The average molecular weight is 578 g/mol. The number of halogens is 2. The summed E-state index contributed by atoms with van der Waals surface area (Å²) in [6.45, 7) is 2.07. The Morgan fingerprint density at radius 2 is 1.78 bits per heavy atom. The van der Waals surface area contributed by atoms with Gasteiger partial charge in [0.25, 0.3) is 5.91 Å². The van der Waals surface area contributed by atoms with Gasteiger partial charge >= 0.3 is 0 Å². The van der Waals surface area contributed by atoms with Gasteiger partial charge in [-0.25, -0.2) is 9.97 Å². The average Bonchev–Trinajstić information content (AvgIpc) is 2.80. The van der Waals surface area contributed by atoms with Crippen molar-refractivity contribution in [2.75, 3.05) is 11.1 Å². The van der Waals surface area contributed by atoms with E-state index in [1.165, 1.54) is 11.8 Å². The van der Waals surface area contributed by atoms with Gasteiger partial charge in [-0.2, -0.15) is 0 Å². The summed E-state index contributed by atoms with van der Waals surface area (Å²) in [6, 6.07) is 16.0. The van der Waals surface area contributed by atoms with Gasteiger partial charge in [-0.05, 0) is 52.2 Å². The Hall–Kier alpha value is -2.23. The van der Waals surface area contributed by atoms with Crippen LogP contribution in [0.3, 0.4) is 0 Å². The summed E-state index contributed by atoms with van der Waals surface area (Å²) in [7, 11) is 0. The van der Waals surface area contributed by atoms with Crippen molar-refractivity contribution in [1.29, 1.82) is 0 Å². The third-order valence-corrected chi connectivity index (χ3v) is 6.56. The molecule has 1 atom stereocenters. The van der Waals surface area contributed by atoms with E-state index in [2.05, 4.69) is 59.4 Å². The molecule has 6 nitrogen and oxygen atoms in total. The molecule has 1 aromatic heterocycles. The number of carbonyl (C=O) groups excluding carboxylic acids is 2. The van der Waals surface area contributed by atoms with Gasteiger partial charge in [0.2, 0.25) is 5.91 Å². The summed E-state index contributed by atoms with van der Waals surface area (Å²) in [4.78, 5) is 34.8. The zero-order valence-corrected chi connectivity index (χ0v) is 21.3. The number of aromatic nitrogens is 2.